The Morgan fingerprint density at radius 2 is 1.95 bits per heavy atom. The zero-order valence-electron chi connectivity index (χ0n) is 14.1. The first kappa shape index (κ1) is 17.7. The third-order valence-electron chi connectivity index (χ3n) is 5.29. The van der Waals surface area contributed by atoms with Gasteiger partial charge in [0, 0.05) is 12.3 Å². The maximum atomic E-state index is 12.5. The smallest absolute Gasteiger partial charge is 0.135 e. The molecule has 3 unspecified atom stereocenters. The third-order valence-corrected chi connectivity index (χ3v) is 5.29. The van der Waals surface area contributed by atoms with Crippen molar-refractivity contribution in [1.82, 2.24) is 0 Å². The number of ketones is 1. The van der Waals surface area contributed by atoms with Crippen LogP contribution in [0.3, 0.4) is 0 Å². The van der Waals surface area contributed by atoms with Crippen LogP contribution in [0.15, 0.2) is 0 Å². The van der Waals surface area contributed by atoms with Gasteiger partial charge in [-0.25, -0.2) is 0 Å². The van der Waals surface area contributed by atoms with Crippen LogP contribution in [0.2, 0.25) is 0 Å². The molecule has 3 atom stereocenters. The van der Waals surface area contributed by atoms with E-state index in [1.165, 1.54) is 19.3 Å². The van der Waals surface area contributed by atoms with Gasteiger partial charge in [-0.2, -0.15) is 0 Å². The van der Waals surface area contributed by atoms with Crippen molar-refractivity contribution in [2.24, 2.45) is 28.9 Å². The maximum Gasteiger partial charge on any atom is 0.135 e. The van der Waals surface area contributed by atoms with Gasteiger partial charge in [-0.15, -0.1) is 0 Å². The van der Waals surface area contributed by atoms with Gasteiger partial charge in [0.2, 0.25) is 0 Å². The summed E-state index contributed by atoms with van der Waals surface area (Å²) in [7, 11) is 0. The van der Waals surface area contributed by atoms with Crippen molar-refractivity contribution in [3.63, 3.8) is 0 Å². The summed E-state index contributed by atoms with van der Waals surface area (Å²) in [6.45, 7) is 9.80. The van der Waals surface area contributed by atoms with Gasteiger partial charge in [-0.1, -0.05) is 47.0 Å². The normalized spacial score (nSPS) is 25.4. The van der Waals surface area contributed by atoms with Crippen LogP contribution < -0.4 is 5.73 Å². The molecular weight excluding hydrogens is 246 g/mol. The molecule has 20 heavy (non-hydrogen) atoms. The van der Waals surface area contributed by atoms with Gasteiger partial charge in [0.05, 0.1) is 0 Å². The lowest BCUT2D eigenvalue weighted by atomic mass is 9.73. The number of nitrogens with two attached hydrogens (primary N) is 1. The van der Waals surface area contributed by atoms with Crippen LogP contribution in [-0.2, 0) is 4.79 Å². The number of carbonyl (C=O) groups excluding carboxylic acids is 1. The Morgan fingerprint density at radius 3 is 2.50 bits per heavy atom. The van der Waals surface area contributed by atoms with E-state index in [1.54, 1.807) is 0 Å². The predicted molar refractivity (Wildman–Crippen MR) is 86.6 cm³/mol. The van der Waals surface area contributed by atoms with E-state index in [0.29, 0.717) is 17.6 Å². The summed E-state index contributed by atoms with van der Waals surface area (Å²) in [6.07, 6.45) is 8.92. The molecule has 0 aromatic rings. The molecule has 0 aliphatic heterocycles. The second-order valence-corrected chi connectivity index (χ2v) is 7.78. The molecule has 0 aromatic heterocycles. The highest BCUT2D eigenvalue weighted by atomic mass is 16.1. The van der Waals surface area contributed by atoms with Gasteiger partial charge < -0.3 is 5.73 Å². The fourth-order valence-corrected chi connectivity index (χ4v) is 3.69. The molecule has 0 radical (unpaired) electrons. The lowest BCUT2D eigenvalue weighted by molar-refractivity contribution is -0.124. The highest BCUT2D eigenvalue weighted by Crippen LogP contribution is 2.35. The lowest BCUT2D eigenvalue weighted by Gasteiger charge is -2.32. The Morgan fingerprint density at radius 1 is 1.25 bits per heavy atom. The Labute approximate surface area is 125 Å². The van der Waals surface area contributed by atoms with Crippen LogP contribution in [0.1, 0.15) is 79.1 Å². The number of carbonyl (C=O) groups is 1. The van der Waals surface area contributed by atoms with Gasteiger partial charge in [-0.05, 0) is 49.5 Å². The molecule has 1 saturated carbocycles. The van der Waals surface area contributed by atoms with Gasteiger partial charge in [0.1, 0.15) is 5.78 Å². The first-order valence-electron chi connectivity index (χ1n) is 8.61. The van der Waals surface area contributed by atoms with E-state index in [4.69, 9.17) is 5.73 Å². The minimum atomic E-state index is 0.262. The predicted octanol–water partition coefficient (Wildman–Crippen LogP) is 4.56. The summed E-state index contributed by atoms with van der Waals surface area (Å²) >= 11 is 0. The second-order valence-electron chi connectivity index (χ2n) is 7.78. The summed E-state index contributed by atoms with van der Waals surface area (Å²) in [5.74, 6) is 2.24. The van der Waals surface area contributed by atoms with Crippen LogP contribution in [0.5, 0.6) is 0 Å². The number of rotatable bonds is 7. The summed E-state index contributed by atoms with van der Waals surface area (Å²) in [5, 5.41) is 0. The molecule has 118 valence electrons. The summed E-state index contributed by atoms with van der Waals surface area (Å²) < 4.78 is 0. The van der Waals surface area contributed by atoms with Crippen LogP contribution in [0.25, 0.3) is 0 Å². The maximum absolute atomic E-state index is 12.5. The largest absolute Gasteiger partial charge is 0.330 e. The quantitative estimate of drug-likeness (QED) is 0.743. The summed E-state index contributed by atoms with van der Waals surface area (Å²) in [4.78, 5) is 12.5. The molecular formula is C18H35NO. The van der Waals surface area contributed by atoms with Crippen LogP contribution >= 0.6 is 0 Å². The highest BCUT2D eigenvalue weighted by molar-refractivity contribution is 5.81. The first-order valence-corrected chi connectivity index (χ1v) is 8.61. The monoisotopic (exact) mass is 281 g/mol. The van der Waals surface area contributed by atoms with E-state index >= 15 is 0 Å². The van der Waals surface area contributed by atoms with E-state index in [0.717, 1.165) is 44.6 Å². The van der Waals surface area contributed by atoms with Gasteiger partial charge in [-0.3, -0.25) is 4.79 Å². The molecule has 1 aliphatic carbocycles. The van der Waals surface area contributed by atoms with Crippen molar-refractivity contribution in [3.8, 4) is 0 Å². The van der Waals surface area contributed by atoms with Gasteiger partial charge in [0.15, 0.2) is 0 Å². The highest BCUT2D eigenvalue weighted by Gasteiger charge is 2.28. The first-order chi connectivity index (χ1) is 9.38. The van der Waals surface area contributed by atoms with Crippen molar-refractivity contribution < 1.29 is 4.79 Å². The fourth-order valence-electron chi connectivity index (χ4n) is 3.69. The van der Waals surface area contributed by atoms with Crippen molar-refractivity contribution >= 4 is 5.78 Å². The average Bonchev–Trinajstić information content (AvgIpc) is 2.41. The summed E-state index contributed by atoms with van der Waals surface area (Å²) in [6, 6.07) is 0. The summed E-state index contributed by atoms with van der Waals surface area (Å²) in [5.41, 5.74) is 5.99. The molecule has 1 fully saturated rings. The van der Waals surface area contributed by atoms with Gasteiger partial charge >= 0.3 is 0 Å². The van der Waals surface area contributed by atoms with E-state index in [-0.39, 0.29) is 5.41 Å². The molecule has 1 aliphatic rings. The number of hydrogen-bond acceptors (Lipinski definition) is 2. The SMILES string of the molecule is CCC1CCCC(C(=O)CCC(CCN)C(C)(C)C)C1. The average molecular weight is 281 g/mol. The molecule has 0 bridgehead atoms. The molecule has 0 spiro atoms. The zero-order valence-corrected chi connectivity index (χ0v) is 14.1. The molecule has 1 rings (SSSR count). The van der Waals surface area contributed by atoms with E-state index in [2.05, 4.69) is 27.7 Å². The topological polar surface area (TPSA) is 43.1 Å². The molecule has 0 saturated heterocycles. The molecule has 0 heterocycles. The van der Waals surface area contributed by atoms with E-state index in [9.17, 15) is 4.79 Å². The zero-order chi connectivity index (χ0) is 15.2. The number of Topliss-reactive ketones (excluding diaryl/α,β-unsaturated/α-hetero) is 1. The Hall–Kier alpha value is -0.370. The van der Waals surface area contributed by atoms with E-state index in [1.807, 2.05) is 0 Å². The Kier molecular flexibility index (Phi) is 7.22. The van der Waals surface area contributed by atoms with Gasteiger partial charge in [0.25, 0.3) is 0 Å². The molecule has 2 nitrogen and oxygen atoms in total. The third kappa shape index (κ3) is 5.55. The van der Waals surface area contributed by atoms with Crippen LogP contribution in [0, 0.1) is 23.2 Å². The fraction of sp³-hybridized carbons (Fsp3) is 0.944. The minimum Gasteiger partial charge on any atom is -0.330 e. The molecule has 0 amide bonds. The Bertz CT molecular complexity index is 292. The molecule has 2 N–H and O–H groups in total. The van der Waals surface area contributed by atoms with Crippen molar-refractivity contribution in [2.75, 3.05) is 6.54 Å². The van der Waals surface area contributed by atoms with E-state index < -0.39 is 0 Å². The molecule has 2 heteroatoms. The van der Waals surface area contributed by atoms with Crippen LogP contribution in [0.4, 0.5) is 0 Å². The Balaban J connectivity index is 2.44. The lowest BCUT2D eigenvalue weighted by Crippen LogP contribution is -2.27. The number of hydrogen-bond donors (Lipinski definition) is 1. The van der Waals surface area contributed by atoms with Crippen LogP contribution in [-0.4, -0.2) is 12.3 Å². The standard InChI is InChI=1S/C18H35NO/c1-5-14-7-6-8-15(13-14)17(20)10-9-16(11-12-19)18(2,3)4/h14-16H,5-13,19H2,1-4H3. The van der Waals surface area contributed by atoms with Crippen molar-refractivity contribution in [3.05, 3.63) is 0 Å². The second kappa shape index (κ2) is 8.17. The minimum absolute atomic E-state index is 0.262. The van der Waals surface area contributed by atoms with Crippen molar-refractivity contribution in [2.45, 2.75) is 79.1 Å². The molecule has 0 aromatic carbocycles. The van der Waals surface area contributed by atoms with Crippen molar-refractivity contribution in [1.29, 1.82) is 0 Å².